The van der Waals surface area contributed by atoms with Crippen molar-refractivity contribution in [3.05, 3.63) is 34.6 Å². The Labute approximate surface area is 128 Å². The van der Waals surface area contributed by atoms with Crippen LogP contribution in [0.3, 0.4) is 0 Å². The zero-order valence-corrected chi connectivity index (χ0v) is 12.9. The zero-order valence-electron chi connectivity index (χ0n) is 12.2. The third-order valence-corrected chi connectivity index (χ3v) is 3.94. The number of hydrogen-bond donors (Lipinski definition) is 1. The van der Waals surface area contributed by atoms with Crippen LogP contribution in [-0.2, 0) is 16.1 Å². The van der Waals surface area contributed by atoms with E-state index in [9.17, 15) is 14.0 Å². The second-order valence-corrected chi connectivity index (χ2v) is 6.04. The summed E-state index contributed by atoms with van der Waals surface area (Å²) in [5.41, 5.74) is 0.305. The monoisotopic (exact) mass is 312 g/mol. The summed E-state index contributed by atoms with van der Waals surface area (Å²) in [6.45, 7) is 5.38. The van der Waals surface area contributed by atoms with Crippen LogP contribution in [0.1, 0.15) is 26.3 Å². The van der Waals surface area contributed by atoms with Crippen molar-refractivity contribution >= 4 is 23.4 Å². The molecule has 6 heteroatoms. The van der Waals surface area contributed by atoms with Crippen molar-refractivity contribution in [3.63, 3.8) is 0 Å². The number of carbonyl (C=O) groups is 2. The minimum Gasteiger partial charge on any atom is -0.342 e. The number of rotatable bonds is 3. The quantitative estimate of drug-likeness (QED) is 0.931. The fourth-order valence-electron chi connectivity index (χ4n) is 2.36. The number of benzene rings is 1. The van der Waals surface area contributed by atoms with E-state index in [-0.39, 0.29) is 24.3 Å². The lowest BCUT2D eigenvalue weighted by molar-refractivity contribution is -0.150. The van der Waals surface area contributed by atoms with Crippen molar-refractivity contribution in [2.75, 3.05) is 0 Å². The molecule has 0 bridgehead atoms. The van der Waals surface area contributed by atoms with Crippen LogP contribution < -0.4 is 5.32 Å². The Morgan fingerprint density at radius 3 is 2.67 bits per heavy atom. The summed E-state index contributed by atoms with van der Waals surface area (Å²) in [5, 5.41) is 3.10. The van der Waals surface area contributed by atoms with Crippen LogP contribution in [0.4, 0.5) is 4.39 Å². The van der Waals surface area contributed by atoms with Gasteiger partial charge in [0.05, 0.1) is 0 Å². The van der Waals surface area contributed by atoms with Crippen molar-refractivity contribution in [1.29, 1.82) is 0 Å². The SMILES string of the molecule is CC(C)C1NC(=O)C(C)N(Cc2cc(Cl)ccc2F)C1=O. The fraction of sp³-hybridized carbons (Fsp3) is 0.467. The van der Waals surface area contributed by atoms with Gasteiger partial charge in [0.25, 0.3) is 0 Å². The number of nitrogens with zero attached hydrogens (tertiary/aromatic N) is 1. The first-order chi connectivity index (χ1) is 9.81. The van der Waals surface area contributed by atoms with E-state index in [4.69, 9.17) is 11.6 Å². The number of nitrogens with one attached hydrogen (secondary N) is 1. The summed E-state index contributed by atoms with van der Waals surface area (Å²) in [4.78, 5) is 25.9. The maximum atomic E-state index is 13.8. The topological polar surface area (TPSA) is 49.4 Å². The molecule has 1 fully saturated rings. The van der Waals surface area contributed by atoms with E-state index in [1.54, 1.807) is 6.92 Å². The maximum Gasteiger partial charge on any atom is 0.246 e. The lowest BCUT2D eigenvalue weighted by Gasteiger charge is -2.38. The van der Waals surface area contributed by atoms with Crippen LogP contribution in [0.25, 0.3) is 0 Å². The molecule has 1 aliphatic rings. The van der Waals surface area contributed by atoms with Crippen molar-refractivity contribution in [3.8, 4) is 0 Å². The van der Waals surface area contributed by atoms with Crippen molar-refractivity contribution in [1.82, 2.24) is 10.2 Å². The summed E-state index contributed by atoms with van der Waals surface area (Å²) in [6, 6.07) is 2.98. The molecule has 1 aromatic rings. The highest BCUT2D eigenvalue weighted by atomic mass is 35.5. The maximum absolute atomic E-state index is 13.8. The van der Waals surface area contributed by atoms with Gasteiger partial charge in [-0.1, -0.05) is 25.4 Å². The Morgan fingerprint density at radius 1 is 1.38 bits per heavy atom. The third kappa shape index (κ3) is 3.18. The summed E-state index contributed by atoms with van der Waals surface area (Å²) >= 11 is 5.87. The summed E-state index contributed by atoms with van der Waals surface area (Å²) < 4.78 is 13.8. The molecule has 1 saturated heterocycles. The minimum absolute atomic E-state index is 0.0272. The van der Waals surface area contributed by atoms with Crippen molar-refractivity contribution in [2.24, 2.45) is 5.92 Å². The number of piperazine rings is 1. The average molecular weight is 313 g/mol. The molecule has 1 N–H and O–H groups in total. The standard InChI is InChI=1S/C15H18ClFN2O2/c1-8(2)13-15(21)19(9(3)14(20)18-13)7-10-6-11(16)4-5-12(10)17/h4-6,8-9,13H,7H2,1-3H3,(H,18,20). The Hall–Kier alpha value is -1.62. The predicted octanol–water partition coefficient (Wildman–Crippen LogP) is 2.35. The molecular formula is C15H18ClFN2O2. The van der Waals surface area contributed by atoms with Gasteiger partial charge in [0, 0.05) is 17.1 Å². The number of amides is 2. The Kier molecular flexibility index (Phi) is 4.52. The van der Waals surface area contributed by atoms with Crippen molar-refractivity contribution < 1.29 is 14.0 Å². The largest absolute Gasteiger partial charge is 0.342 e. The first-order valence-corrected chi connectivity index (χ1v) is 7.24. The van der Waals surface area contributed by atoms with Crippen LogP contribution in [0.15, 0.2) is 18.2 Å². The average Bonchev–Trinajstić information content (AvgIpc) is 2.42. The minimum atomic E-state index is -0.633. The normalized spacial score (nSPS) is 22.7. The molecule has 0 aromatic heterocycles. The van der Waals surface area contributed by atoms with Gasteiger partial charge in [-0.15, -0.1) is 0 Å². The van der Waals surface area contributed by atoms with E-state index in [2.05, 4.69) is 5.32 Å². The molecule has 0 saturated carbocycles. The van der Waals surface area contributed by atoms with Gasteiger partial charge in [-0.25, -0.2) is 4.39 Å². The first-order valence-electron chi connectivity index (χ1n) is 6.86. The molecule has 21 heavy (non-hydrogen) atoms. The molecule has 2 rings (SSSR count). The molecule has 1 aromatic carbocycles. The molecule has 4 nitrogen and oxygen atoms in total. The molecule has 0 radical (unpaired) electrons. The molecule has 1 heterocycles. The van der Waals surface area contributed by atoms with E-state index >= 15 is 0 Å². The smallest absolute Gasteiger partial charge is 0.246 e. The molecule has 114 valence electrons. The van der Waals surface area contributed by atoms with Crippen LogP contribution in [0, 0.1) is 11.7 Å². The number of hydrogen-bond acceptors (Lipinski definition) is 2. The van der Waals surface area contributed by atoms with E-state index in [1.807, 2.05) is 13.8 Å². The molecule has 0 spiro atoms. The van der Waals surface area contributed by atoms with Gasteiger partial charge in [0.1, 0.15) is 17.9 Å². The van der Waals surface area contributed by atoms with Crippen LogP contribution >= 0.6 is 11.6 Å². The van der Waals surface area contributed by atoms with E-state index in [1.165, 1.54) is 23.1 Å². The van der Waals surface area contributed by atoms with Gasteiger partial charge in [-0.2, -0.15) is 0 Å². The lowest BCUT2D eigenvalue weighted by Crippen LogP contribution is -2.63. The van der Waals surface area contributed by atoms with E-state index in [0.717, 1.165) is 0 Å². The first kappa shape index (κ1) is 15.8. The molecule has 1 aliphatic heterocycles. The van der Waals surface area contributed by atoms with E-state index in [0.29, 0.717) is 10.6 Å². The van der Waals surface area contributed by atoms with Gasteiger partial charge < -0.3 is 10.2 Å². The lowest BCUT2D eigenvalue weighted by atomic mass is 9.98. The molecule has 2 atom stereocenters. The van der Waals surface area contributed by atoms with Gasteiger partial charge >= 0.3 is 0 Å². The molecule has 2 unspecified atom stereocenters. The van der Waals surface area contributed by atoms with Gasteiger partial charge in [0.15, 0.2) is 0 Å². The number of carbonyl (C=O) groups excluding carboxylic acids is 2. The fourth-order valence-corrected chi connectivity index (χ4v) is 2.56. The van der Waals surface area contributed by atoms with Crippen LogP contribution in [0.2, 0.25) is 5.02 Å². The predicted molar refractivity (Wildman–Crippen MR) is 78.2 cm³/mol. The highest BCUT2D eigenvalue weighted by Crippen LogP contribution is 2.21. The van der Waals surface area contributed by atoms with E-state index < -0.39 is 17.9 Å². The summed E-state index contributed by atoms with van der Waals surface area (Å²) in [5.74, 6) is -0.889. The second-order valence-electron chi connectivity index (χ2n) is 5.61. The molecule has 2 amide bonds. The summed E-state index contributed by atoms with van der Waals surface area (Å²) in [7, 11) is 0. The Bertz CT molecular complexity index is 577. The Balaban J connectivity index is 2.29. The zero-order chi connectivity index (χ0) is 15.7. The van der Waals surface area contributed by atoms with Crippen LogP contribution in [-0.4, -0.2) is 28.8 Å². The van der Waals surface area contributed by atoms with Crippen molar-refractivity contribution in [2.45, 2.75) is 39.4 Å². The van der Waals surface area contributed by atoms with Crippen LogP contribution in [0.5, 0.6) is 0 Å². The highest BCUT2D eigenvalue weighted by Gasteiger charge is 2.39. The van der Waals surface area contributed by atoms with Gasteiger partial charge in [0.2, 0.25) is 11.8 Å². The highest BCUT2D eigenvalue weighted by molar-refractivity contribution is 6.30. The second kappa shape index (κ2) is 6.02. The molecule has 0 aliphatic carbocycles. The molecular weight excluding hydrogens is 295 g/mol. The number of halogens is 2. The third-order valence-electron chi connectivity index (χ3n) is 3.71. The van der Waals surface area contributed by atoms with Gasteiger partial charge in [-0.3, -0.25) is 9.59 Å². The summed E-state index contributed by atoms with van der Waals surface area (Å²) in [6.07, 6.45) is 0. The van der Waals surface area contributed by atoms with Gasteiger partial charge in [-0.05, 0) is 31.0 Å². The Morgan fingerprint density at radius 2 is 2.05 bits per heavy atom.